The van der Waals surface area contributed by atoms with E-state index in [1.54, 1.807) is 0 Å². The summed E-state index contributed by atoms with van der Waals surface area (Å²) in [7, 11) is 0. The lowest BCUT2D eigenvalue weighted by Gasteiger charge is -2.35. The first kappa shape index (κ1) is 20.5. The van der Waals surface area contributed by atoms with Gasteiger partial charge < -0.3 is 19.3 Å². The van der Waals surface area contributed by atoms with Gasteiger partial charge in [-0.25, -0.2) is 0 Å². The highest BCUT2D eigenvalue weighted by Gasteiger charge is 2.27. The van der Waals surface area contributed by atoms with Crippen molar-refractivity contribution in [2.24, 2.45) is 0 Å². The van der Waals surface area contributed by atoms with Gasteiger partial charge in [0.1, 0.15) is 5.82 Å². The van der Waals surface area contributed by atoms with Gasteiger partial charge in [0, 0.05) is 52.2 Å². The Morgan fingerprint density at radius 1 is 0.829 bits per heavy atom. The van der Waals surface area contributed by atoms with Crippen LogP contribution in [0.2, 0.25) is 0 Å². The third kappa shape index (κ3) is 3.81. The lowest BCUT2D eigenvalue weighted by Crippen LogP contribution is -2.46. The van der Waals surface area contributed by atoms with Crippen molar-refractivity contribution in [1.82, 2.24) is 25.1 Å². The molecule has 0 amide bonds. The average molecular weight is 470 g/mol. The van der Waals surface area contributed by atoms with E-state index in [0.717, 1.165) is 92.2 Å². The molecule has 7 rings (SSSR count). The maximum Gasteiger partial charge on any atom is 0.231 e. The Bertz CT molecular complexity index is 1370. The molecular weight excluding hydrogens is 442 g/mol. The minimum absolute atomic E-state index is 0.310. The molecule has 1 fully saturated rings. The summed E-state index contributed by atoms with van der Waals surface area (Å²) in [5, 5.41) is 8.79. The second kappa shape index (κ2) is 8.42. The molecule has 0 atom stereocenters. The van der Waals surface area contributed by atoms with Crippen molar-refractivity contribution < 1.29 is 9.47 Å². The Balaban J connectivity index is 1.09. The average Bonchev–Trinajstić information content (AvgIpc) is 3.54. The fourth-order valence-corrected chi connectivity index (χ4v) is 5.22. The molecule has 0 spiro atoms. The van der Waals surface area contributed by atoms with Crippen molar-refractivity contribution in [3.8, 4) is 11.5 Å². The normalized spacial score (nSPS) is 17.4. The quantitative estimate of drug-likeness (QED) is 0.478. The van der Waals surface area contributed by atoms with Crippen LogP contribution in [0.25, 0.3) is 11.0 Å². The molecule has 2 aromatic heterocycles. The van der Waals surface area contributed by atoms with Gasteiger partial charge in [-0.05, 0) is 23.3 Å². The lowest BCUT2D eigenvalue weighted by atomic mass is 10.1. The molecule has 9 nitrogen and oxygen atoms in total. The van der Waals surface area contributed by atoms with Crippen LogP contribution in [-0.2, 0) is 19.5 Å². The van der Waals surface area contributed by atoms with Crippen LogP contribution in [0.4, 0.5) is 11.8 Å². The van der Waals surface area contributed by atoms with E-state index >= 15 is 0 Å². The Hall–Kier alpha value is -3.85. The van der Waals surface area contributed by atoms with Crippen LogP contribution in [-0.4, -0.2) is 64.6 Å². The number of fused-ring (bicyclic) bond motifs is 1. The summed E-state index contributed by atoms with van der Waals surface area (Å²) in [5.74, 6) is 3.44. The Labute approximate surface area is 203 Å². The third-order valence-electron chi connectivity index (χ3n) is 7.10. The van der Waals surface area contributed by atoms with E-state index in [9.17, 15) is 0 Å². The number of hydrogen-bond acceptors (Lipinski definition) is 8. The largest absolute Gasteiger partial charge is 0.454 e. The minimum atomic E-state index is 0.310. The van der Waals surface area contributed by atoms with Crippen LogP contribution >= 0.6 is 0 Å². The monoisotopic (exact) mass is 469 g/mol. The van der Waals surface area contributed by atoms with Crippen molar-refractivity contribution in [3.63, 3.8) is 0 Å². The number of aromatic nitrogens is 4. The maximum absolute atomic E-state index is 5.53. The zero-order chi connectivity index (χ0) is 23.2. The van der Waals surface area contributed by atoms with Gasteiger partial charge in [0.2, 0.25) is 12.7 Å². The topological polar surface area (TPSA) is 82.6 Å². The van der Waals surface area contributed by atoms with Crippen molar-refractivity contribution in [2.45, 2.75) is 19.5 Å². The zero-order valence-corrected chi connectivity index (χ0v) is 19.5. The highest BCUT2D eigenvalue weighted by molar-refractivity contribution is 5.91. The number of aromatic amines is 1. The summed E-state index contributed by atoms with van der Waals surface area (Å²) in [4.78, 5) is 17.0. The van der Waals surface area contributed by atoms with Crippen LogP contribution in [0, 0.1) is 0 Å². The fraction of sp³-hybridized carbons (Fsp3) is 0.346. The number of nitrogens with one attached hydrogen (secondary N) is 1. The smallest absolute Gasteiger partial charge is 0.231 e. The summed E-state index contributed by atoms with van der Waals surface area (Å²) in [6.45, 7) is 6.61. The molecular formula is C26H27N7O2. The highest BCUT2D eigenvalue weighted by Crippen LogP contribution is 2.34. The van der Waals surface area contributed by atoms with E-state index in [2.05, 4.69) is 67.4 Å². The predicted octanol–water partition coefficient (Wildman–Crippen LogP) is 2.97. The SMILES string of the molecule is c1ccc(CN2CCc3[nH]nc4nc(N5CCN(Cc6ccc7c(c6)OCO7)CC5)nc2c34)cc1. The first-order valence-electron chi connectivity index (χ1n) is 12.2. The van der Waals surface area contributed by atoms with Gasteiger partial charge in [-0.1, -0.05) is 36.4 Å². The standard InChI is InChI=1S/C26H27N7O2/c1-2-4-18(5-3-1)16-33-9-8-20-23-24(30-29-20)27-26(28-25(23)33)32-12-10-31(11-13-32)15-19-6-7-21-22(14-19)35-17-34-21/h1-7,14H,8-13,15-17H2,(H,27,28,29,30). The number of hydrogen-bond donors (Lipinski definition) is 1. The molecule has 0 saturated carbocycles. The van der Waals surface area contributed by atoms with Crippen LogP contribution < -0.4 is 19.3 Å². The molecule has 0 aliphatic carbocycles. The van der Waals surface area contributed by atoms with Gasteiger partial charge >= 0.3 is 0 Å². The Kier molecular flexibility index (Phi) is 4.94. The lowest BCUT2D eigenvalue weighted by molar-refractivity contribution is 0.174. The summed E-state index contributed by atoms with van der Waals surface area (Å²) in [5.41, 5.74) is 4.43. The van der Waals surface area contributed by atoms with E-state index in [-0.39, 0.29) is 0 Å². The number of piperazine rings is 1. The fourth-order valence-electron chi connectivity index (χ4n) is 5.22. The highest BCUT2D eigenvalue weighted by atomic mass is 16.7. The molecule has 35 heavy (non-hydrogen) atoms. The summed E-state index contributed by atoms with van der Waals surface area (Å²) in [6, 6.07) is 16.8. The van der Waals surface area contributed by atoms with E-state index in [0.29, 0.717) is 6.79 Å². The van der Waals surface area contributed by atoms with Crippen molar-refractivity contribution in [3.05, 3.63) is 65.4 Å². The van der Waals surface area contributed by atoms with Crippen molar-refractivity contribution >= 4 is 22.8 Å². The van der Waals surface area contributed by atoms with Gasteiger partial charge in [0.05, 0.1) is 11.1 Å². The minimum Gasteiger partial charge on any atom is -0.454 e. The third-order valence-corrected chi connectivity index (χ3v) is 7.10. The van der Waals surface area contributed by atoms with Crippen LogP contribution in [0.1, 0.15) is 16.8 Å². The second-order valence-electron chi connectivity index (χ2n) is 9.36. The van der Waals surface area contributed by atoms with E-state index in [1.165, 1.54) is 11.1 Å². The summed E-state index contributed by atoms with van der Waals surface area (Å²) >= 11 is 0. The molecule has 4 aromatic rings. The number of H-pyrrole nitrogens is 1. The molecule has 0 radical (unpaired) electrons. The first-order chi connectivity index (χ1) is 17.3. The number of benzene rings is 2. The van der Waals surface area contributed by atoms with E-state index in [1.807, 2.05) is 6.07 Å². The molecule has 178 valence electrons. The van der Waals surface area contributed by atoms with Gasteiger partial charge in [0.15, 0.2) is 17.1 Å². The van der Waals surface area contributed by atoms with Crippen LogP contribution in [0.5, 0.6) is 11.5 Å². The molecule has 5 heterocycles. The molecule has 0 unspecified atom stereocenters. The maximum atomic E-state index is 5.53. The second-order valence-corrected chi connectivity index (χ2v) is 9.36. The van der Waals surface area contributed by atoms with E-state index in [4.69, 9.17) is 19.4 Å². The molecule has 2 aromatic carbocycles. The summed E-state index contributed by atoms with van der Waals surface area (Å²) in [6.07, 6.45) is 0.928. The molecule has 1 N–H and O–H groups in total. The summed E-state index contributed by atoms with van der Waals surface area (Å²) < 4.78 is 11.0. The number of anilines is 2. The molecule has 1 saturated heterocycles. The van der Waals surface area contributed by atoms with Crippen molar-refractivity contribution in [2.75, 3.05) is 49.3 Å². The van der Waals surface area contributed by atoms with Gasteiger partial charge in [-0.3, -0.25) is 10.00 Å². The zero-order valence-electron chi connectivity index (χ0n) is 19.5. The Morgan fingerprint density at radius 2 is 1.69 bits per heavy atom. The van der Waals surface area contributed by atoms with Gasteiger partial charge in [-0.15, -0.1) is 0 Å². The number of rotatable bonds is 5. The molecule has 9 heteroatoms. The van der Waals surface area contributed by atoms with Crippen molar-refractivity contribution in [1.29, 1.82) is 0 Å². The first-order valence-corrected chi connectivity index (χ1v) is 12.2. The number of ether oxygens (including phenoxy) is 2. The van der Waals surface area contributed by atoms with Crippen LogP contribution in [0.15, 0.2) is 48.5 Å². The Morgan fingerprint density at radius 3 is 2.57 bits per heavy atom. The van der Waals surface area contributed by atoms with Crippen LogP contribution in [0.3, 0.4) is 0 Å². The molecule has 0 bridgehead atoms. The van der Waals surface area contributed by atoms with Gasteiger partial charge in [0.25, 0.3) is 0 Å². The molecule has 3 aliphatic heterocycles. The predicted molar refractivity (Wildman–Crippen MR) is 133 cm³/mol. The molecule has 3 aliphatic rings. The van der Waals surface area contributed by atoms with E-state index < -0.39 is 0 Å². The number of nitrogens with zero attached hydrogens (tertiary/aromatic N) is 6. The van der Waals surface area contributed by atoms with Gasteiger partial charge in [-0.2, -0.15) is 15.1 Å².